The van der Waals surface area contributed by atoms with Crippen LogP contribution in [-0.4, -0.2) is 10.7 Å². The van der Waals surface area contributed by atoms with Gasteiger partial charge < -0.3 is 5.11 Å². The molecule has 0 bridgehead atoms. The quantitative estimate of drug-likeness (QED) is 0.551. The molecule has 1 N–H and O–H groups in total. The maximum absolute atomic E-state index is 10.3. The SMILES string of the molecule is C=C1C(C)(C)CC1(O)C(C)(C)C. The minimum atomic E-state index is -0.642. The molecule has 0 aliphatic heterocycles. The zero-order valence-corrected chi connectivity index (χ0v) is 8.86. The summed E-state index contributed by atoms with van der Waals surface area (Å²) in [6.07, 6.45) is 0.836. The Morgan fingerprint density at radius 1 is 1.33 bits per heavy atom. The molecule has 1 aliphatic carbocycles. The van der Waals surface area contributed by atoms with Crippen LogP contribution < -0.4 is 0 Å². The number of hydrogen-bond acceptors (Lipinski definition) is 1. The molecule has 1 rings (SSSR count). The highest BCUT2D eigenvalue weighted by molar-refractivity contribution is 5.34. The van der Waals surface area contributed by atoms with Crippen molar-refractivity contribution in [3.63, 3.8) is 0 Å². The summed E-state index contributed by atoms with van der Waals surface area (Å²) in [4.78, 5) is 0. The van der Waals surface area contributed by atoms with Crippen LogP contribution in [0.15, 0.2) is 12.2 Å². The molecule has 1 saturated carbocycles. The molecule has 1 atom stereocenters. The minimum absolute atomic E-state index is 0.0837. The summed E-state index contributed by atoms with van der Waals surface area (Å²) in [5, 5.41) is 10.3. The van der Waals surface area contributed by atoms with Crippen molar-refractivity contribution in [3.8, 4) is 0 Å². The summed E-state index contributed by atoms with van der Waals surface area (Å²) >= 11 is 0. The molecular formula is C11H20O. The first-order valence-corrected chi connectivity index (χ1v) is 4.53. The highest BCUT2D eigenvalue weighted by Crippen LogP contribution is 2.58. The fourth-order valence-corrected chi connectivity index (χ4v) is 2.02. The molecule has 12 heavy (non-hydrogen) atoms. The van der Waals surface area contributed by atoms with Crippen molar-refractivity contribution in [2.75, 3.05) is 0 Å². The standard InChI is InChI=1S/C11H20O/c1-8-10(5,6)7-11(8,12)9(2,3)4/h12H,1,7H2,2-6H3. The second-order valence-corrected chi connectivity index (χ2v) is 5.65. The van der Waals surface area contributed by atoms with Gasteiger partial charge in [-0.1, -0.05) is 41.2 Å². The zero-order valence-electron chi connectivity index (χ0n) is 8.86. The minimum Gasteiger partial charge on any atom is -0.385 e. The van der Waals surface area contributed by atoms with Crippen LogP contribution in [0.3, 0.4) is 0 Å². The van der Waals surface area contributed by atoms with Crippen LogP contribution >= 0.6 is 0 Å². The molecule has 1 aliphatic rings. The monoisotopic (exact) mass is 168 g/mol. The van der Waals surface area contributed by atoms with E-state index in [1.807, 2.05) is 0 Å². The van der Waals surface area contributed by atoms with Crippen molar-refractivity contribution in [2.24, 2.45) is 10.8 Å². The second kappa shape index (κ2) is 2.14. The van der Waals surface area contributed by atoms with Crippen molar-refractivity contribution in [3.05, 3.63) is 12.2 Å². The summed E-state index contributed by atoms with van der Waals surface area (Å²) in [7, 11) is 0. The second-order valence-electron chi connectivity index (χ2n) is 5.65. The first-order valence-electron chi connectivity index (χ1n) is 4.53. The van der Waals surface area contributed by atoms with Gasteiger partial charge in [-0.3, -0.25) is 0 Å². The fraction of sp³-hybridized carbons (Fsp3) is 0.818. The van der Waals surface area contributed by atoms with E-state index in [2.05, 4.69) is 41.2 Å². The van der Waals surface area contributed by atoms with E-state index in [1.54, 1.807) is 0 Å². The Morgan fingerprint density at radius 3 is 1.83 bits per heavy atom. The van der Waals surface area contributed by atoms with Crippen molar-refractivity contribution in [1.29, 1.82) is 0 Å². The molecule has 1 fully saturated rings. The largest absolute Gasteiger partial charge is 0.385 e. The van der Waals surface area contributed by atoms with Crippen LogP contribution in [0.4, 0.5) is 0 Å². The van der Waals surface area contributed by atoms with Crippen LogP contribution in [-0.2, 0) is 0 Å². The summed E-state index contributed by atoms with van der Waals surface area (Å²) in [5.74, 6) is 0. The van der Waals surface area contributed by atoms with Gasteiger partial charge in [0.25, 0.3) is 0 Å². The van der Waals surface area contributed by atoms with E-state index in [-0.39, 0.29) is 10.8 Å². The lowest BCUT2D eigenvalue weighted by Gasteiger charge is -2.58. The van der Waals surface area contributed by atoms with E-state index in [0.717, 1.165) is 12.0 Å². The highest BCUT2D eigenvalue weighted by atomic mass is 16.3. The Hall–Kier alpha value is -0.300. The molecule has 0 aromatic carbocycles. The molecule has 0 radical (unpaired) electrons. The predicted octanol–water partition coefficient (Wildman–Crippen LogP) is 2.75. The predicted molar refractivity (Wildman–Crippen MR) is 51.9 cm³/mol. The molecular weight excluding hydrogens is 148 g/mol. The molecule has 70 valence electrons. The Bertz CT molecular complexity index is 220. The first-order chi connectivity index (χ1) is 5.11. The van der Waals surface area contributed by atoms with E-state index >= 15 is 0 Å². The lowest BCUT2D eigenvalue weighted by molar-refractivity contribution is -0.114. The normalized spacial score (nSPS) is 34.7. The van der Waals surface area contributed by atoms with Gasteiger partial charge in [-0.25, -0.2) is 0 Å². The van der Waals surface area contributed by atoms with Crippen LogP contribution in [0.2, 0.25) is 0 Å². The van der Waals surface area contributed by atoms with Gasteiger partial charge in [0.2, 0.25) is 0 Å². The summed E-state index contributed by atoms with van der Waals surface area (Å²) in [5.41, 5.74) is 0.389. The smallest absolute Gasteiger partial charge is 0.0915 e. The number of hydrogen-bond donors (Lipinski definition) is 1. The van der Waals surface area contributed by atoms with Gasteiger partial charge in [0.15, 0.2) is 0 Å². The molecule has 0 saturated heterocycles. The molecule has 0 aromatic rings. The van der Waals surface area contributed by atoms with Crippen molar-refractivity contribution in [2.45, 2.75) is 46.6 Å². The topological polar surface area (TPSA) is 20.2 Å². The highest BCUT2D eigenvalue weighted by Gasteiger charge is 2.57. The maximum atomic E-state index is 10.3. The fourth-order valence-electron chi connectivity index (χ4n) is 2.02. The van der Waals surface area contributed by atoms with E-state index < -0.39 is 5.60 Å². The van der Waals surface area contributed by atoms with Crippen LogP contribution in [0.25, 0.3) is 0 Å². The molecule has 1 heteroatoms. The molecule has 0 aromatic heterocycles. The third kappa shape index (κ3) is 1.03. The van der Waals surface area contributed by atoms with Gasteiger partial charge in [0.05, 0.1) is 5.60 Å². The van der Waals surface area contributed by atoms with Gasteiger partial charge in [0, 0.05) is 0 Å². The third-order valence-corrected chi connectivity index (χ3v) is 3.25. The Morgan fingerprint density at radius 2 is 1.75 bits per heavy atom. The van der Waals surface area contributed by atoms with E-state index in [9.17, 15) is 5.11 Å². The zero-order chi connectivity index (χ0) is 9.78. The van der Waals surface area contributed by atoms with Crippen molar-refractivity contribution < 1.29 is 5.11 Å². The lowest BCUT2D eigenvalue weighted by Crippen LogP contribution is -2.59. The van der Waals surface area contributed by atoms with Gasteiger partial charge in [-0.15, -0.1) is 0 Å². The van der Waals surface area contributed by atoms with E-state index in [4.69, 9.17) is 0 Å². The third-order valence-electron chi connectivity index (χ3n) is 3.25. The average Bonchev–Trinajstić information content (AvgIpc) is 1.83. The average molecular weight is 168 g/mol. The molecule has 1 nitrogen and oxygen atoms in total. The van der Waals surface area contributed by atoms with Gasteiger partial charge >= 0.3 is 0 Å². The Kier molecular flexibility index (Phi) is 1.74. The van der Waals surface area contributed by atoms with Gasteiger partial charge in [0.1, 0.15) is 0 Å². The first kappa shape index (κ1) is 9.79. The van der Waals surface area contributed by atoms with Crippen LogP contribution in [0.5, 0.6) is 0 Å². The summed E-state index contributed by atoms with van der Waals surface area (Å²) in [6.45, 7) is 14.4. The van der Waals surface area contributed by atoms with E-state index in [0.29, 0.717) is 0 Å². The van der Waals surface area contributed by atoms with Gasteiger partial charge in [-0.05, 0) is 22.8 Å². The summed E-state index contributed by atoms with van der Waals surface area (Å²) in [6, 6.07) is 0. The number of rotatable bonds is 0. The Balaban J connectivity index is 2.90. The number of aliphatic hydroxyl groups is 1. The molecule has 1 unspecified atom stereocenters. The molecule has 0 heterocycles. The molecule has 0 amide bonds. The van der Waals surface area contributed by atoms with Crippen molar-refractivity contribution >= 4 is 0 Å². The summed E-state index contributed by atoms with van der Waals surface area (Å²) < 4.78 is 0. The molecule has 0 spiro atoms. The van der Waals surface area contributed by atoms with Crippen molar-refractivity contribution in [1.82, 2.24) is 0 Å². The maximum Gasteiger partial charge on any atom is 0.0915 e. The van der Waals surface area contributed by atoms with Crippen LogP contribution in [0.1, 0.15) is 41.0 Å². The van der Waals surface area contributed by atoms with Gasteiger partial charge in [-0.2, -0.15) is 0 Å². The lowest BCUT2D eigenvalue weighted by atomic mass is 9.50. The van der Waals surface area contributed by atoms with E-state index in [1.165, 1.54) is 0 Å². The Labute approximate surface area is 75.5 Å². The van der Waals surface area contributed by atoms with Crippen LogP contribution in [0, 0.1) is 10.8 Å².